The maximum atomic E-state index is 13.3. The van der Waals surface area contributed by atoms with Crippen LogP contribution in [0.1, 0.15) is 27.7 Å². The van der Waals surface area contributed by atoms with Crippen LogP contribution in [0.2, 0.25) is 0 Å². The first kappa shape index (κ1) is 21.8. The zero-order valence-electron chi connectivity index (χ0n) is 18.4. The summed E-state index contributed by atoms with van der Waals surface area (Å²) >= 11 is 0. The first-order valence-corrected chi connectivity index (χ1v) is 10.8. The van der Waals surface area contributed by atoms with Gasteiger partial charge in [0.15, 0.2) is 6.04 Å². The maximum Gasteiger partial charge on any atom is 0.272 e. The van der Waals surface area contributed by atoms with Gasteiger partial charge < -0.3 is 10.3 Å². The molecule has 0 aliphatic carbocycles. The molecule has 2 heterocycles. The van der Waals surface area contributed by atoms with Gasteiger partial charge in [0, 0.05) is 33.6 Å². The monoisotopic (exact) mass is 464 g/mol. The minimum atomic E-state index is -1.22. The van der Waals surface area contributed by atoms with Crippen molar-refractivity contribution in [2.75, 3.05) is 0 Å². The predicted octanol–water partition coefficient (Wildman–Crippen LogP) is 3.03. The van der Waals surface area contributed by atoms with E-state index in [0.29, 0.717) is 16.3 Å². The van der Waals surface area contributed by atoms with Crippen LogP contribution in [0.4, 0.5) is 0 Å². The van der Waals surface area contributed by atoms with Crippen molar-refractivity contribution in [3.8, 4) is 0 Å². The lowest BCUT2D eigenvalue weighted by Crippen LogP contribution is -2.40. The average molecular weight is 464 g/mol. The highest BCUT2D eigenvalue weighted by atomic mass is 16.2. The van der Waals surface area contributed by atoms with E-state index in [1.54, 1.807) is 60.8 Å². The van der Waals surface area contributed by atoms with Gasteiger partial charge in [-0.25, -0.2) is 10.5 Å². The fourth-order valence-corrected chi connectivity index (χ4v) is 3.85. The number of aromatic nitrogens is 3. The highest BCUT2D eigenvalue weighted by Gasteiger charge is 2.27. The molecule has 3 aromatic carbocycles. The van der Waals surface area contributed by atoms with Crippen LogP contribution < -0.4 is 16.3 Å². The summed E-state index contributed by atoms with van der Waals surface area (Å²) in [6, 6.07) is 21.8. The molecule has 4 N–H and O–H groups in total. The second-order valence-electron chi connectivity index (χ2n) is 7.78. The molecule has 0 saturated carbocycles. The third kappa shape index (κ3) is 4.42. The van der Waals surface area contributed by atoms with Gasteiger partial charge in [-0.05, 0) is 24.3 Å². The van der Waals surface area contributed by atoms with Crippen LogP contribution in [-0.2, 0) is 4.79 Å². The van der Waals surface area contributed by atoms with Crippen molar-refractivity contribution >= 4 is 39.7 Å². The molecule has 0 aliphatic heterocycles. The normalized spacial score (nSPS) is 12.1. The van der Waals surface area contributed by atoms with E-state index < -0.39 is 23.4 Å². The van der Waals surface area contributed by atoms with Crippen molar-refractivity contribution < 1.29 is 9.59 Å². The summed E-state index contributed by atoms with van der Waals surface area (Å²) in [5.41, 5.74) is 4.40. The molecular weight excluding hydrogens is 444 g/mol. The van der Waals surface area contributed by atoms with Crippen LogP contribution in [0.3, 0.4) is 0 Å². The van der Waals surface area contributed by atoms with Gasteiger partial charge in [0.2, 0.25) is 0 Å². The first-order chi connectivity index (χ1) is 17.1. The Kier molecular flexibility index (Phi) is 5.87. The number of nitrogens with one attached hydrogen (secondary N) is 4. The zero-order valence-corrected chi connectivity index (χ0v) is 18.4. The number of amides is 2. The molecule has 172 valence electrons. The van der Waals surface area contributed by atoms with Crippen LogP contribution in [-0.4, -0.2) is 33.2 Å². The van der Waals surface area contributed by atoms with Crippen molar-refractivity contribution in [2.24, 2.45) is 5.10 Å². The molecular formula is C26H20N6O3. The molecule has 2 aromatic heterocycles. The number of nitrogens with zero attached hydrogens (tertiary/aromatic N) is 2. The fraction of sp³-hybridized carbons (Fsp3) is 0.0385. The Morgan fingerprint density at radius 2 is 1.57 bits per heavy atom. The number of para-hydroxylation sites is 1. The van der Waals surface area contributed by atoms with E-state index in [9.17, 15) is 14.4 Å². The first-order valence-electron chi connectivity index (χ1n) is 10.8. The van der Waals surface area contributed by atoms with Gasteiger partial charge in [-0.1, -0.05) is 54.6 Å². The minimum absolute atomic E-state index is 0.198. The predicted molar refractivity (Wildman–Crippen MR) is 133 cm³/mol. The molecule has 0 saturated heterocycles. The highest BCUT2D eigenvalue weighted by Crippen LogP contribution is 2.21. The minimum Gasteiger partial charge on any atom is -0.361 e. The third-order valence-corrected chi connectivity index (χ3v) is 5.57. The SMILES string of the molecule is O=C(N[C@H](C(=O)N/N=C/c1c[nH]c2ccccc12)c1n[nH]c(=O)c2ccccc12)c1ccccc1. The van der Waals surface area contributed by atoms with Crippen LogP contribution >= 0.6 is 0 Å². The highest BCUT2D eigenvalue weighted by molar-refractivity contribution is 6.01. The van der Waals surface area contributed by atoms with Crippen molar-refractivity contribution in [3.05, 3.63) is 112 Å². The average Bonchev–Trinajstić information content (AvgIpc) is 3.31. The number of aromatic amines is 2. The lowest BCUT2D eigenvalue weighted by atomic mass is 10.0. The van der Waals surface area contributed by atoms with E-state index in [2.05, 4.69) is 31.0 Å². The molecule has 0 bridgehead atoms. The van der Waals surface area contributed by atoms with Crippen LogP contribution in [0.15, 0.2) is 95.0 Å². The molecule has 5 aromatic rings. The summed E-state index contributed by atoms with van der Waals surface area (Å²) in [4.78, 5) is 41.5. The summed E-state index contributed by atoms with van der Waals surface area (Å²) in [5.74, 6) is -1.08. The Balaban J connectivity index is 1.47. The summed E-state index contributed by atoms with van der Waals surface area (Å²) in [5, 5.41) is 15.1. The fourth-order valence-electron chi connectivity index (χ4n) is 3.85. The van der Waals surface area contributed by atoms with Crippen LogP contribution in [0.25, 0.3) is 21.7 Å². The second-order valence-corrected chi connectivity index (χ2v) is 7.78. The van der Waals surface area contributed by atoms with E-state index in [4.69, 9.17) is 0 Å². The molecule has 9 nitrogen and oxygen atoms in total. The Hall–Kier alpha value is -5.05. The topological polar surface area (TPSA) is 132 Å². The largest absolute Gasteiger partial charge is 0.361 e. The Bertz CT molecular complexity index is 1620. The van der Waals surface area contributed by atoms with Gasteiger partial charge in [-0.3, -0.25) is 14.4 Å². The lowest BCUT2D eigenvalue weighted by Gasteiger charge is -2.18. The van der Waals surface area contributed by atoms with Crippen molar-refractivity contribution in [2.45, 2.75) is 6.04 Å². The smallest absolute Gasteiger partial charge is 0.272 e. The third-order valence-electron chi connectivity index (χ3n) is 5.57. The van der Waals surface area contributed by atoms with Gasteiger partial charge in [0.05, 0.1) is 11.6 Å². The number of carbonyl (C=O) groups excluding carboxylic acids is 2. The molecule has 0 spiro atoms. The summed E-state index contributed by atoms with van der Waals surface area (Å²) in [6.45, 7) is 0. The maximum absolute atomic E-state index is 13.3. The Labute approximate surface area is 198 Å². The standard InChI is InChI=1S/C26H20N6O3/c33-24(16-8-2-1-3-9-16)29-23(22-19-11-4-5-12-20(19)25(34)32-30-22)26(35)31-28-15-17-14-27-21-13-7-6-10-18(17)21/h1-15,23,27H,(H,29,33)(H,31,35)(H,32,34)/b28-15+/t23-/m0/s1. The van der Waals surface area contributed by atoms with Gasteiger partial charge in [0.25, 0.3) is 17.4 Å². The van der Waals surface area contributed by atoms with Crippen molar-refractivity contribution in [1.29, 1.82) is 0 Å². The summed E-state index contributed by atoms with van der Waals surface area (Å²) in [6.07, 6.45) is 3.30. The van der Waals surface area contributed by atoms with Gasteiger partial charge >= 0.3 is 0 Å². The molecule has 0 aliphatic rings. The van der Waals surface area contributed by atoms with Gasteiger partial charge in [-0.15, -0.1) is 0 Å². The molecule has 5 rings (SSSR count). The number of carbonyl (C=O) groups is 2. The van der Waals surface area contributed by atoms with E-state index in [-0.39, 0.29) is 5.69 Å². The summed E-state index contributed by atoms with van der Waals surface area (Å²) in [7, 11) is 0. The molecule has 2 amide bonds. The Morgan fingerprint density at radius 1 is 0.886 bits per heavy atom. The lowest BCUT2D eigenvalue weighted by molar-refractivity contribution is -0.123. The van der Waals surface area contributed by atoms with E-state index in [1.165, 1.54) is 6.21 Å². The Morgan fingerprint density at radius 3 is 2.37 bits per heavy atom. The number of hydrazone groups is 1. The number of benzene rings is 3. The van der Waals surface area contributed by atoms with E-state index in [1.807, 2.05) is 24.3 Å². The number of rotatable bonds is 6. The number of fused-ring (bicyclic) bond motifs is 2. The number of hydrogen-bond donors (Lipinski definition) is 4. The van der Waals surface area contributed by atoms with Gasteiger partial charge in [0.1, 0.15) is 5.69 Å². The van der Waals surface area contributed by atoms with Crippen molar-refractivity contribution in [3.63, 3.8) is 0 Å². The second kappa shape index (κ2) is 9.44. The molecule has 1 atom stereocenters. The summed E-state index contributed by atoms with van der Waals surface area (Å²) < 4.78 is 0. The molecule has 35 heavy (non-hydrogen) atoms. The van der Waals surface area contributed by atoms with E-state index in [0.717, 1.165) is 16.5 Å². The van der Waals surface area contributed by atoms with Gasteiger partial charge in [-0.2, -0.15) is 10.2 Å². The van der Waals surface area contributed by atoms with Crippen LogP contribution in [0, 0.1) is 0 Å². The zero-order chi connectivity index (χ0) is 24.2. The molecule has 0 fully saturated rings. The molecule has 0 radical (unpaired) electrons. The van der Waals surface area contributed by atoms with Crippen molar-refractivity contribution in [1.82, 2.24) is 25.9 Å². The van der Waals surface area contributed by atoms with E-state index >= 15 is 0 Å². The molecule has 0 unspecified atom stereocenters. The number of hydrogen-bond acceptors (Lipinski definition) is 5. The quantitative estimate of drug-likeness (QED) is 0.227. The number of H-pyrrole nitrogens is 2. The molecule has 9 heteroatoms. The van der Waals surface area contributed by atoms with Crippen LogP contribution in [0.5, 0.6) is 0 Å².